The third kappa shape index (κ3) is 3.07. The molecule has 0 aliphatic carbocycles. The van der Waals surface area contributed by atoms with Crippen LogP contribution in [0.15, 0.2) is 18.3 Å². The van der Waals surface area contributed by atoms with Crippen molar-refractivity contribution in [1.29, 1.82) is 0 Å². The first-order chi connectivity index (χ1) is 4.79. The van der Waals surface area contributed by atoms with Gasteiger partial charge in [0, 0.05) is 6.20 Å². The second kappa shape index (κ2) is 4.79. The molecule has 56 valence electrons. The summed E-state index contributed by atoms with van der Waals surface area (Å²) in [6, 6.07) is 3.75. The Morgan fingerprint density at radius 1 is 1.40 bits per heavy atom. The lowest BCUT2D eigenvalue weighted by molar-refractivity contribution is 1.30. The fourth-order valence-corrected chi connectivity index (χ4v) is 0.560. The van der Waals surface area contributed by atoms with E-state index < -0.39 is 0 Å². The van der Waals surface area contributed by atoms with Crippen LogP contribution in [-0.2, 0) is 0 Å². The first-order valence-electron chi connectivity index (χ1n) is 3.47. The third-order valence-corrected chi connectivity index (χ3v) is 0.937. The van der Waals surface area contributed by atoms with Crippen molar-refractivity contribution >= 4 is 5.82 Å². The number of anilines is 1. The molecule has 0 spiro atoms. The highest BCUT2D eigenvalue weighted by atomic mass is 14.8. The summed E-state index contributed by atoms with van der Waals surface area (Å²) in [4.78, 5) is 3.82. The highest BCUT2D eigenvalue weighted by molar-refractivity contribution is 5.30. The zero-order valence-electron chi connectivity index (χ0n) is 6.76. The summed E-state index contributed by atoms with van der Waals surface area (Å²) in [7, 11) is 0. The molecule has 10 heavy (non-hydrogen) atoms. The first kappa shape index (κ1) is 8.95. The van der Waals surface area contributed by atoms with Crippen molar-refractivity contribution in [2.75, 3.05) is 5.73 Å². The van der Waals surface area contributed by atoms with Crippen LogP contribution in [0.5, 0.6) is 0 Å². The average molecular weight is 138 g/mol. The van der Waals surface area contributed by atoms with E-state index in [1.54, 1.807) is 6.20 Å². The Kier molecular flexibility index (Phi) is 4.29. The molecule has 0 bridgehead atoms. The number of nitrogens with zero attached hydrogens (tertiary/aromatic N) is 1. The minimum atomic E-state index is 0.588. The monoisotopic (exact) mass is 138 g/mol. The Morgan fingerprint density at radius 3 is 2.30 bits per heavy atom. The van der Waals surface area contributed by atoms with E-state index >= 15 is 0 Å². The molecule has 0 atom stereocenters. The number of hydrogen-bond acceptors (Lipinski definition) is 2. The molecule has 2 N–H and O–H groups in total. The summed E-state index contributed by atoms with van der Waals surface area (Å²) >= 11 is 0. The van der Waals surface area contributed by atoms with Crippen molar-refractivity contribution in [3.63, 3.8) is 0 Å². The number of aromatic nitrogens is 1. The molecule has 0 aromatic carbocycles. The molecule has 1 heterocycles. The van der Waals surface area contributed by atoms with Gasteiger partial charge in [-0.05, 0) is 24.6 Å². The van der Waals surface area contributed by atoms with E-state index in [0.717, 1.165) is 5.56 Å². The van der Waals surface area contributed by atoms with Gasteiger partial charge in [0.15, 0.2) is 0 Å². The summed E-state index contributed by atoms with van der Waals surface area (Å²) in [6.45, 7) is 5.98. The molecule has 0 radical (unpaired) electrons. The van der Waals surface area contributed by atoms with Crippen LogP contribution < -0.4 is 5.73 Å². The maximum absolute atomic E-state index is 5.35. The number of pyridine rings is 1. The maximum atomic E-state index is 5.35. The Bertz CT molecular complexity index is 167. The van der Waals surface area contributed by atoms with Crippen LogP contribution >= 0.6 is 0 Å². The van der Waals surface area contributed by atoms with Crippen LogP contribution in [0, 0.1) is 6.92 Å². The van der Waals surface area contributed by atoms with Gasteiger partial charge in [0.25, 0.3) is 0 Å². The lowest BCUT2D eigenvalue weighted by atomic mass is 10.3. The van der Waals surface area contributed by atoms with E-state index in [1.807, 2.05) is 32.9 Å². The van der Waals surface area contributed by atoms with Crippen LogP contribution in [0.1, 0.15) is 19.4 Å². The minimum absolute atomic E-state index is 0.588. The summed E-state index contributed by atoms with van der Waals surface area (Å²) < 4.78 is 0. The van der Waals surface area contributed by atoms with Gasteiger partial charge in [-0.25, -0.2) is 4.98 Å². The van der Waals surface area contributed by atoms with Crippen molar-refractivity contribution in [3.8, 4) is 0 Å². The molecular formula is C8H14N2. The van der Waals surface area contributed by atoms with Crippen molar-refractivity contribution in [2.45, 2.75) is 20.8 Å². The van der Waals surface area contributed by atoms with Crippen LogP contribution in [-0.4, -0.2) is 4.98 Å². The molecule has 0 aliphatic heterocycles. The molecule has 0 aliphatic rings. The SMILES string of the molecule is CC.Cc1ccnc(N)c1. The number of hydrogen-bond donors (Lipinski definition) is 1. The van der Waals surface area contributed by atoms with Crippen LogP contribution in [0.4, 0.5) is 5.82 Å². The predicted octanol–water partition coefficient (Wildman–Crippen LogP) is 2.00. The van der Waals surface area contributed by atoms with Gasteiger partial charge in [-0.1, -0.05) is 13.8 Å². The number of aryl methyl sites for hydroxylation is 1. The fraction of sp³-hybridized carbons (Fsp3) is 0.375. The number of nitrogens with two attached hydrogens (primary N) is 1. The third-order valence-electron chi connectivity index (χ3n) is 0.937. The Balaban J connectivity index is 0.000000371. The van der Waals surface area contributed by atoms with Crippen LogP contribution in [0.3, 0.4) is 0 Å². The van der Waals surface area contributed by atoms with Gasteiger partial charge < -0.3 is 5.73 Å². The number of nitrogen functional groups attached to an aromatic ring is 1. The first-order valence-corrected chi connectivity index (χ1v) is 3.47. The largest absolute Gasteiger partial charge is 0.384 e. The molecular weight excluding hydrogens is 124 g/mol. The molecule has 0 amide bonds. The second-order valence-corrected chi connectivity index (χ2v) is 1.76. The van der Waals surface area contributed by atoms with Crippen molar-refractivity contribution < 1.29 is 0 Å². The van der Waals surface area contributed by atoms with Crippen molar-refractivity contribution in [2.24, 2.45) is 0 Å². The fourth-order valence-electron chi connectivity index (χ4n) is 0.560. The smallest absolute Gasteiger partial charge is 0.123 e. The zero-order chi connectivity index (χ0) is 7.98. The standard InChI is InChI=1S/C6H8N2.C2H6/c1-5-2-3-8-6(7)4-5;1-2/h2-4H,1H3,(H2,7,8);1-2H3. The molecule has 0 unspecified atom stereocenters. The van der Waals surface area contributed by atoms with Gasteiger partial charge in [-0.3, -0.25) is 0 Å². The molecule has 0 fully saturated rings. The van der Waals surface area contributed by atoms with Gasteiger partial charge in [0.2, 0.25) is 0 Å². The Labute approximate surface area is 62.1 Å². The lowest BCUT2D eigenvalue weighted by Crippen LogP contribution is -1.87. The van der Waals surface area contributed by atoms with Gasteiger partial charge in [-0.15, -0.1) is 0 Å². The summed E-state index contributed by atoms with van der Waals surface area (Å²) in [5, 5.41) is 0. The van der Waals surface area contributed by atoms with E-state index in [2.05, 4.69) is 4.98 Å². The van der Waals surface area contributed by atoms with Crippen LogP contribution in [0.2, 0.25) is 0 Å². The van der Waals surface area contributed by atoms with E-state index in [1.165, 1.54) is 0 Å². The van der Waals surface area contributed by atoms with E-state index in [4.69, 9.17) is 5.73 Å². The van der Waals surface area contributed by atoms with Gasteiger partial charge in [0.1, 0.15) is 5.82 Å². The highest BCUT2D eigenvalue weighted by Crippen LogP contribution is 1.98. The topological polar surface area (TPSA) is 38.9 Å². The summed E-state index contributed by atoms with van der Waals surface area (Å²) in [5.41, 5.74) is 6.50. The van der Waals surface area contributed by atoms with Crippen LogP contribution in [0.25, 0.3) is 0 Å². The maximum Gasteiger partial charge on any atom is 0.123 e. The van der Waals surface area contributed by atoms with Gasteiger partial charge in [-0.2, -0.15) is 0 Å². The second-order valence-electron chi connectivity index (χ2n) is 1.76. The minimum Gasteiger partial charge on any atom is -0.384 e. The zero-order valence-corrected chi connectivity index (χ0v) is 6.76. The predicted molar refractivity (Wildman–Crippen MR) is 44.7 cm³/mol. The molecule has 2 heteroatoms. The summed E-state index contributed by atoms with van der Waals surface area (Å²) in [6.07, 6.45) is 1.70. The summed E-state index contributed by atoms with van der Waals surface area (Å²) in [5.74, 6) is 0.588. The normalized spacial score (nSPS) is 7.90. The highest BCUT2D eigenvalue weighted by Gasteiger charge is 1.82. The molecule has 1 aromatic heterocycles. The molecule has 1 aromatic rings. The Hall–Kier alpha value is -1.05. The van der Waals surface area contributed by atoms with Crippen molar-refractivity contribution in [1.82, 2.24) is 4.98 Å². The lowest BCUT2D eigenvalue weighted by Gasteiger charge is -1.90. The molecule has 0 saturated heterocycles. The number of rotatable bonds is 0. The average Bonchev–Trinajstić information content (AvgIpc) is 1.91. The van der Waals surface area contributed by atoms with Crippen molar-refractivity contribution in [3.05, 3.63) is 23.9 Å². The van der Waals surface area contributed by atoms with E-state index in [9.17, 15) is 0 Å². The quantitative estimate of drug-likeness (QED) is 0.595. The van der Waals surface area contributed by atoms with Gasteiger partial charge >= 0.3 is 0 Å². The molecule has 0 saturated carbocycles. The molecule has 2 nitrogen and oxygen atoms in total. The molecule has 1 rings (SSSR count). The van der Waals surface area contributed by atoms with E-state index in [0.29, 0.717) is 5.82 Å². The Morgan fingerprint density at radius 2 is 2.00 bits per heavy atom. The van der Waals surface area contributed by atoms with E-state index in [-0.39, 0.29) is 0 Å². The van der Waals surface area contributed by atoms with Gasteiger partial charge in [0.05, 0.1) is 0 Å².